The molecule has 1 aliphatic rings. The first-order chi connectivity index (χ1) is 9.89. The molecule has 0 saturated heterocycles. The Morgan fingerprint density at radius 1 is 1.33 bits per heavy atom. The number of nitrogens with one attached hydrogen (secondary N) is 1. The van der Waals surface area contributed by atoms with E-state index in [2.05, 4.69) is 21.2 Å². The predicted octanol–water partition coefficient (Wildman–Crippen LogP) is 4.48. The fraction of sp³-hybridized carbons (Fsp3) is 0.600. The van der Waals surface area contributed by atoms with Crippen LogP contribution in [0.5, 0.6) is 0 Å². The van der Waals surface area contributed by atoms with Crippen LogP contribution in [0.2, 0.25) is 0 Å². The summed E-state index contributed by atoms with van der Waals surface area (Å²) < 4.78 is 38.8. The number of anilines is 1. The number of hydrogen-bond donors (Lipinski definition) is 1. The zero-order valence-electron chi connectivity index (χ0n) is 12.0. The Kier molecular flexibility index (Phi) is 5.54. The van der Waals surface area contributed by atoms with E-state index in [0.29, 0.717) is 24.7 Å². The van der Waals surface area contributed by atoms with Crippen LogP contribution in [0.1, 0.15) is 31.7 Å². The van der Waals surface area contributed by atoms with E-state index < -0.39 is 12.7 Å². The monoisotopic (exact) mass is 364 g/mol. The first-order valence-electron chi connectivity index (χ1n) is 7.22. The Balaban J connectivity index is 2.07. The highest BCUT2D eigenvalue weighted by molar-refractivity contribution is 9.10. The van der Waals surface area contributed by atoms with Crippen molar-refractivity contribution in [3.63, 3.8) is 0 Å². The summed E-state index contributed by atoms with van der Waals surface area (Å²) in [6.45, 7) is 2.11. The van der Waals surface area contributed by atoms with E-state index in [4.69, 9.17) is 0 Å². The van der Waals surface area contributed by atoms with Crippen LogP contribution >= 0.6 is 15.9 Å². The van der Waals surface area contributed by atoms with Crippen molar-refractivity contribution >= 4 is 21.6 Å². The van der Waals surface area contributed by atoms with Crippen LogP contribution in [0, 0.1) is 0 Å². The van der Waals surface area contributed by atoms with Crippen LogP contribution in [-0.2, 0) is 6.54 Å². The van der Waals surface area contributed by atoms with Crippen molar-refractivity contribution in [3.8, 4) is 0 Å². The molecule has 0 aromatic heterocycles. The molecule has 0 bridgehead atoms. The molecule has 1 fully saturated rings. The average molecular weight is 365 g/mol. The number of hydrogen-bond acceptors (Lipinski definition) is 2. The second-order valence-corrected chi connectivity index (χ2v) is 6.32. The molecule has 0 heterocycles. The van der Waals surface area contributed by atoms with E-state index in [-0.39, 0.29) is 0 Å². The molecule has 21 heavy (non-hydrogen) atoms. The van der Waals surface area contributed by atoms with Gasteiger partial charge in [-0.25, -0.2) is 0 Å². The summed E-state index contributed by atoms with van der Waals surface area (Å²) in [7, 11) is 0. The predicted molar refractivity (Wildman–Crippen MR) is 82.6 cm³/mol. The summed E-state index contributed by atoms with van der Waals surface area (Å²) in [4.78, 5) is 1.38. The molecule has 0 radical (unpaired) electrons. The van der Waals surface area contributed by atoms with Crippen LogP contribution in [0.25, 0.3) is 0 Å². The van der Waals surface area contributed by atoms with Crippen LogP contribution in [0.4, 0.5) is 18.9 Å². The first kappa shape index (κ1) is 16.6. The zero-order chi connectivity index (χ0) is 15.5. The Hall–Kier alpha value is -0.750. The number of benzene rings is 1. The molecule has 0 aliphatic heterocycles. The summed E-state index contributed by atoms with van der Waals surface area (Å²) in [5.74, 6) is 0. The molecule has 2 nitrogen and oxygen atoms in total. The minimum absolute atomic E-state index is 0.394. The second kappa shape index (κ2) is 7.01. The molecule has 6 heteroatoms. The van der Waals surface area contributed by atoms with E-state index >= 15 is 0 Å². The van der Waals surface area contributed by atoms with E-state index in [1.54, 1.807) is 12.1 Å². The van der Waals surface area contributed by atoms with Crippen molar-refractivity contribution in [2.45, 2.75) is 44.9 Å². The second-order valence-electron chi connectivity index (χ2n) is 5.47. The third-order valence-corrected chi connectivity index (χ3v) is 4.16. The van der Waals surface area contributed by atoms with Gasteiger partial charge >= 0.3 is 6.18 Å². The number of rotatable bonds is 7. The molecule has 0 unspecified atom stereocenters. The van der Waals surface area contributed by atoms with Crippen molar-refractivity contribution in [1.82, 2.24) is 5.32 Å². The van der Waals surface area contributed by atoms with Gasteiger partial charge in [0.2, 0.25) is 0 Å². The molecule has 118 valence electrons. The smallest absolute Gasteiger partial charge is 0.363 e. The number of alkyl halides is 3. The average Bonchev–Trinajstić information content (AvgIpc) is 3.19. The van der Waals surface area contributed by atoms with E-state index in [9.17, 15) is 13.2 Å². The SMILES string of the molecule is CCCN(CC(F)(F)F)c1ccc(CNC2CC2)c(Br)c1. The van der Waals surface area contributed by atoms with Crippen molar-refractivity contribution < 1.29 is 13.2 Å². The number of halogens is 4. The lowest BCUT2D eigenvalue weighted by Gasteiger charge is -2.26. The topological polar surface area (TPSA) is 15.3 Å². The van der Waals surface area contributed by atoms with Gasteiger partial charge in [0.1, 0.15) is 6.54 Å². The molecule has 1 saturated carbocycles. The highest BCUT2D eigenvalue weighted by Gasteiger charge is 2.30. The van der Waals surface area contributed by atoms with Gasteiger partial charge in [-0.3, -0.25) is 0 Å². The molecular weight excluding hydrogens is 345 g/mol. The highest BCUT2D eigenvalue weighted by Crippen LogP contribution is 2.28. The standard InChI is InChI=1S/C15H20BrF3N2/c1-2-7-21(10-15(17,18)19)13-6-3-11(14(16)8-13)9-20-12-4-5-12/h3,6,8,12,20H,2,4-5,7,9-10H2,1H3. The van der Waals surface area contributed by atoms with E-state index in [0.717, 1.165) is 16.6 Å². The Bertz CT molecular complexity index is 472. The van der Waals surface area contributed by atoms with Crippen LogP contribution in [0.15, 0.2) is 22.7 Å². The lowest BCUT2D eigenvalue weighted by molar-refractivity contribution is -0.119. The first-order valence-corrected chi connectivity index (χ1v) is 8.02. The molecule has 1 aromatic rings. The maximum absolute atomic E-state index is 12.6. The maximum atomic E-state index is 12.6. The third-order valence-electron chi connectivity index (χ3n) is 3.42. The van der Waals surface area contributed by atoms with E-state index in [1.807, 2.05) is 13.0 Å². The van der Waals surface area contributed by atoms with Crippen molar-refractivity contribution in [2.24, 2.45) is 0 Å². The Morgan fingerprint density at radius 2 is 2.05 bits per heavy atom. The maximum Gasteiger partial charge on any atom is 0.405 e. The van der Waals surface area contributed by atoms with Crippen molar-refractivity contribution in [1.29, 1.82) is 0 Å². The van der Waals surface area contributed by atoms with Crippen molar-refractivity contribution in [2.75, 3.05) is 18.0 Å². The lowest BCUT2D eigenvalue weighted by atomic mass is 10.2. The summed E-state index contributed by atoms with van der Waals surface area (Å²) in [6.07, 6.45) is -1.08. The molecule has 2 rings (SSSR count). The fourth-order valence-corrected chi connectivity index (χ4v) is 2.71. The lowest BCUT2D eigenvalue weighted by Crippen LogP contribution is -2.34. The molecule has 0 atom stereocenters. The Morgan fingerprint density at radius 3 is 2.57 bits per heavy atom. The normalized spacial score (nSPS) is 15.3. The molecule has 1 aromatic carbocycles. The summed E-state index contributed by atoms with van der Waals surface area (Å²) in [6, 6.07) is 6.06. The zero-order valence-corrected chi connectivity index (χ0v) is 13.6. The van der Waals surface area contributed by atoms with Gasteiger partial charge in [0.25, 0.3) is 0 Å². The third kappa shape index (κ3) is 5.51. The molecule has 1 N–H and O–H groups in total. The van der Waals surface area contributed by atoms with Gasteiger partial charge in [-0.1, -0.05) is 28.9 Å². The van der Waals surface area contributed by atoms with Crippen molar-refractivity contribution in [3.05, 3.63) is 28.2 Å². The number of nitrogens with zero attached hydrogens (tertiary/aromatic N) is 1. The summed E-state index contributed by atoms with van der Waals surface area (Å²) in [5.41, 5.74) is 1.69. The molecule has 0 spiro atoms. The molecule has 0 amide bonds. The van der Waals surface area contributed by atoms with Gasteiger partial charge in [0, 0.05) is 29.3 Å². The van der Waals surface area contributed by atoms with E-state index in [1.165, 1.54) is 17.7 Å². The quantitative estimate of drug-likeness (QED) is 0.767. The van der Waals surface area contributed by atoms with Gasteiger partial charge in [0.15, 0.2) is 0 Å². The van der Waals surface area contributed by atoms with Gasteiger partial charge in [-0.2, -0.15) is 13.2 Å². The van der Waals surface area contributed by atoms with Crippen LogP contribution < -0.4 is 10.2 Å². The summed E-state index contributed by atoms with van der Waals surface area (Å²) >= 11 is 3.47. The van der Waals surface area contributed by atoms with Gasteiger partial charge in [-0.15, -0.1) is 0 Å². The Labute approximate surface area is 131 Å². The largest absolute Gasteiger partial charge is 0.405 e. The van der Waals surface area contributed by atoms with Crippen LogP contribution in [-0.4, -0.2) is 25.3 Å². The van der Waals surface area contributed by atoms with Crippen LogP contribution in [0.3, 0.4) is 0 Å². The summed E-state index contributed by atoms with van der Waals surface area (Å²) in [5, 5.41) is 3.40. The molecular formula is C15H20BrF3N2. The van der Waals surface area contributed by atoms with Gasteiger partial charge < -0.3 is 10.2 Å². The minimum atomic E-state index is -4.19. The molecule has 1 aliphatic carbocycles. The highest BCUT2D eigenvalue weighted by atomic mass is 79.9. The van der Waals surface area contributed by atoms with Gasteiger partial charge in [0.05, 0.1) is 0 Å². The fourth-order valence-electron chi connectivity index (χ4n) is 2.20. The minimum Gasteiger partial charge on any atom is -0.363 e. The van der Waals surface area contributed by atoms with Gasteiger partial charge in [-0.05, 0) is 37.0 Å².